The predicted molar refractivity (Wildman–Crippen MR) is 145 cm³/mol. The van der Waals surface area contributed by atoms with Gasteiger partial charge in [-0.25, -0.2) is 19.3 Å². The third-order valence-electron chi connectivity index (χ3n) is 7.63. The molecule has 4 N–H and O–H groups in total. The monoisotopic (exact) mass is 499 g/mol. The minimum absolute atomic E-state index is 0.0144. The van der Waals surface area contributed by atoms with Gasteiger partial charge in [-0.1, -0.05) is 6.07 Å². The van der Waals surface area contributed by atoms with E-state index in [9.17, 15) is 0 Å². The third kappa shape index (κ3) is 3.99. The van der Waals surface area contributed by atoms with E-state index >= 15 is 4.39 Å². The molecule has 2 aromatic heterocycles. The number of nitrogens with two attached hydrogens (primary N) is 1. The number of hydrogen-bond donors (Lipinski definition) is 3. The van der Waals surface area contributed by atoms with Gasteiger partial charge in [0.2, 0.25) is 11.8 Å². The van der Waals surface area contributed by atoms with Crippen LogP contribution in [-0.4, -0.2) is 45.6 Å². The molecule has 0 unspecified atom stereocenters. The maximum Gasteiger partial charge on any atom is 0.237 e. The Morgan fingerprint density at radius 3 is 2.81 bits per heavy atom. The van der Waals surface area contributed by atoms with Gasteiger partial charge < -0.3 is 21.1 Å². The van der Waals surface area contributed by atoms with Crippen LogP contribution in [0.25, 0.3) is 22.0 Å². The van der Waals surface area contributed by atoms with Crippen molar-refractivity contribution in [2.75, 3.05) is 36.6 Å². The molecule has 0 bridgehead atoms. The van der Waals surface area contributed by atoms with Crippen LogP contribution in [0.15, 0.2) is 36.7 Å². The topological polar surface area (TPSA) is 101 Å². The maximum atomic E-state index is 15.4. The molecule has 2 aliphatic rings. The summed E-state index contributed by atoms with van der Waals surface area (Å²) in [6.07, 6.45) is 4.15. The second kappa shape index (κ2) is 8.55. The molecule has 0 saturated heterocycles. The number of nitrogens with one attached hydrogen (secondary N) is 2. The van der Waals surface area contributed by atoms with E-state index in [1.165, 1.54) is 11.1 Å². The fourth-order valence-electron chi connectivity index (χ4n) is 5.15. The van der Waals surface area contributed by atoms with E-state index in [1.54, 1.807) is 18.5 Å². The second-order valence-corrected chi connectivity index (χ2v) is 10.5. The van der Waals surface area contributed by atoms with E-state index in [0.717, 1.165) is 29.9 Å². The Hall–Kier alpha value is -3.98. The smallest absolute Gasteiger partial charge is 0.237 e. The van der Waals surface area contributed by atoms with Gasteiger partial charge in [0.1, 0.15) is 12.3 Å². The summed E-state index contributed by atoms with van der Waals surface area (Å²) < 4.78 is 21.1. The van der Waals surface area contributed by atoms with Crippen molar-refractivity contribution in [3.8, 4) is 17.0 Å². The van der Waals surface area contributed by atoms with Crippen molar-refractivity contribution in [2.45, 2.75) is 39.3 Å². The standard InChI is InChI=1S/C28H30FN7O/c1-15-20(12-32-26-25(15)31-7-8-37-26)19-10-22-21(24(30)23(19)29)13-33-27(35-22)34-18-6-5-16-14-36(4)28(2,3)11-17(16)9-18/h5-6,9-10,12-13,31H,7-8,11,14,30H2,1-4H3,(H,33,34,35). The summed E-state index contributed by atoms with van der Waals surface area (Å²) in [5, 5.41) is 7.08. The van der Waals surface area contributed by atoms with Crippen molar-refractivity contribution in [2.24, 2.45) is 0 Å². The number of benzene rings is 2. The average Bonchev–Trinajstić information content (AvgIpc) is 2.87. The highest BCUT2D eigenvalue weighted by Crippen LogP contribution is 2.39. The molecular weight excluding hydrogens is 469 g/mol. The fourth-order valence-corrected chi connectivity index (χ4v) is 5.15. The highest BCUT2D eigenvalue weighted by molar-refractivity contribution is 5.96. The van der Waals surface area contributed by atoms with E-state index in [1.807, 2.05) is 13.0 Å². The van der Waals surface area contributed by atoms with Gasteiger partial charge in [-0.2, -0.15) is 0 Å². The van der Waals surface area contributed by atoms with Gasteiger partial charge >= 0.3 is 0 Å². The van der Waals surface area contributed by atoms with Crippen LogP contribution in [-0.2, 0) is 13.0 Å². The van der Waals surface area contributed by atoms with Crippen molar-refractivity contribution in [3.63, 3.8) is 0 Å². The van der Waals surface area contributed by atoms with E-state index < -0.39 is 5.82 Å². The minimum atomic E-state index is -0.513. The van der Waals surface area contributed by atoms with Crippen molar-refractivity contribution in [1.29, 1.82) is 0 Å². The molecule has 0 saturated carbocycles. The lowest BCUT2D eigenvalue weighted by Gasteiger charge is -2.41. The number of anilines is 4. The molecule has 2 aliphatic heterocycles. The second-order valence-electron chi connectivity index (χ2n) is 10.5. The molecule has 0 aliphatic carbocycles. The Balaban J connectivity index is 1.37. The average molecular weight is 500 g/mol. The zero-order chi connectivity index (χ0) is 25.9. The molecule has 190 valence electrons. The van der Waals surface area contributed by atoms with Crippen molar-refractivity contribution in [3.05, 3.63) is 59.2 Å². The normalized spacial score (nSPS) is 16.5. The third-order valence-corrected chi connectivity index (χ3v) is 7.63. The SMILES string of the molecule is Cc1c(-c2cc3nc(Nc4ccc5c(c4)CC(C)(C)N(C)C5)ncc3c(N)c2F)cnc2c1NCCO2. The van der Waals surface area contributed by atoms with Crippen LogP contribution in [0.1, 0.15) is 30.5 Å². The Kier molecular flexibility index (Phi) is 5.41. The summed E-state index contributed by atoms with van der Waals surface area (Å²) in [7, 11) is 2.16. The van der Waals surface area contributed by atoms with Crippen LogP contribution in [0.2, 0.25) is 0 Å². The zero-order valence-corrected chi connectivity index (χ0v) is 21.4. The van der Waals surface area contributed by atoms with Gasteiger partial charge in [-0.3, -0.25) is 4.90 Å². The number of rotatable bonds is 3. The molecular formula is C28H30FN7O. The lowest BCUT2D eigenvalue weighted by molar-refractivity contribution is 0.133. The first-order chi connectivity index (χ1) is 17.7. The Morgan fingerprint density at radius 1 is 1.14 bits per heavy atom. The van der Waals surface area contributed by atoms with Crippen molar-refractivity contribution in [1.82, 2.24) is 19.9 Å². The molecule has 0 spiro atoms. The largest absolute Gasteiger partial charge is 0.474 e. The molecule has 9 heteroatoms. The van der Waals surface area contributed by atoms with E-state index in [0.29, 0.717) is 47.0 Å². The van der Waals surface area contributed by atoms with Crippen molar-refractivity contribution < 1.29 is 9.13 Å². The molecule has 0 radical (unpaired) electrons. The molecule has 2 aromatic carbocycles. The van der Waals surface area contributed by atoms with Gasteiger partial charge in [0.05, 0.1) is 11.2 Å². The lowest BCUT2D eigenvalue weighted by Crippen LogP contribution is -2.45. The molecule has 4 aromatic rings. The van der Waals surface area contributed by atoms with Gasteiger partial charge in [-0.15, -0.1) is 0 Å². The predicted octanol–water partition coefficient (Wildman–Crippen LogP) is 5.04. The fraction of sp³-hybridized carbons (Fsp3) is 0.321. The number of fused-ring (bicyclic) bond motifs is 3. The number of pyridine rings is 1. The number of nitrogens with zero attached hydrogens (tertiary/aromatic N) is 4. The number of likely N-dealkylation sites (N-methyl/N-ethyl adjacent to an activating group) is 1. The quantitative estimate of drug-likeness (QED) is 0.337. The Labute approximate surface area is 215 Å². The molecule has 4 heterocycles. The number of hydrogen-bond acceptors (Lipinski definition) is 8. The first kappa shape index (κ1) is 23.4. The van der Waals surface area contributed by atoms with E-state index in [-0.39, 0.29) is 11.2 Å². The van der Waals surface area contributed by atoms with E-state index in [2.05, 4.69) is 58.5 Å². The molecule has 8 nitrogen and oxygen atoms in total. The van der Waals surface area contributed by atoms with Crippen LogP contribution >= 0.6 is 0 Å². The van der Waals surface area contributed by atoms with E-state index in [4.69, 9.17) is 15.5 Å². The molecule has 0 atom stereocenters. The van der Waals surface area contributed by atoms with Crippen LogP contribution in [0.5, 0.6) is 5.88 Å². The Bertz CT molecular complexity index is 1550. The summed E-state index contributed by atoms with van der Waals surface area (Å²) in [4.78, 5) is 15.9. The van der Waals surface area contributed by atoms with Crippen molar-refractivity contribution >= 4 is 33.9 Å². The highest BCUT2D eigenvalue weighted by atomic mass is 19.1. The van der Waals surface area contributed by atoms with Gasteiger partial charge in [0, 0.05) is 53.2 Å². The highest BCUT2D eigenvalue weighted by Gasteiger charge is 2.30. The van der Waals surface area contributed by atoms with Gasteiger partial charge in [0.25, 0.3) is 0 Å². The molecule has 0 fully saturated rings. The molecule has 6 rings (SSSR count). The summed E-state index contributed by atoms with van der Waals surface area (Å²) in [6, 6.07) is 8.07. The van der Waals surface area contributed by atoms with Crippen LogP contribution < -0.4 is 21.1 Å². The molecule has 0 amide bonds. The summed E-state index contributed by atoms with van der Waals surface area (Å²) in [5.41, 5.74) is 13.0. The summed E-state index contributed by atoms with van der Waals surface area (Å²) in [5.74, 6) is 0.433. The number of ether oxygens (including phenoxy) is 1. The van der Waals surface area contributed by atoms with Crippen LogP contribution in [0.4, 0.5) is 27.4 Å². The first-order valence-corrected chi connectivity index (χ1v) is 12.4. The summed E-state index contributed by atoms with van der Waals surface area (Å²) >= 11 is 0. The number of nitrogen functional groups attached to an aromatic ring is 1. The maximum absolute atomic E-state index is 15.4. The van der Waals surface area contributed by atoms with Crippen LogP contribution in [0, 0.1) is 12.7 Å². The zero-order valence-electron chi connectivity index (χ0n) is 21.4. The first-order valence-electron chi connectivity index (χ1n) is 12.4. The Morgan fingerprint density at radius 2 is 1.97 bits per heavy atom. The van der Waals surface area contributed by atoms with Crippen LogP contribution in [0.3, 0.4) is 0 Å². The summed E-state index contributed by atoms with van der Waals surface area (Å²) in [6.45, 7) is 8.56. The minimum Gasteiger partial charge on any atom is -0.474 e. The lowest BCUT2D eigenvalue weighted by atomic mass is 9.86. The number of halogens is 1. The van der Waals surface area contributed by atoms with Gasteiger partial charge in [-0.05, 0) is 69.1 Å². The number of aromatic nitrogens is 3. The van der Waals surface area contributed by atoms with Gasteiger partial charge in [0.15, 0.2) is 5.82 Å². The molecule has 37 heavy (non-hydrogen) atoms.